The second kappa shape index (κ2) is 24.1. The van der Waals surface area contributed by atoms with Gasteiger partial charge in [0.2, 0.25) is 0 Å². The number of methoxy groups -OCH3 is 1. The van der Waals surface area contributed by atoms with Gasteiger partial charge in [-0.1, -0.05) is 39.3 Å². The molecule has 27 atom stereocenters. The third-order valence-electron chi connectivity index (χ3n) is 20.3. The number of aliphatic hydroxyl groups excluding tert-OH is 10. The number of carbonyl (C=O) groups excluding carboxylic acids is 2. The van der Waals surface area contributed by atoms with Crippen molar-refractivity contribution in [2.45, 2.75) is 235 Å². The first kappa shape index (κ1) is 64.8. The number of esters is 2. The van der Waals surface area contributed by atoms with E-state index in [9.17, 15) is 73.6 Å². The van der Waals surface area contributed by atoms with Crippen LogP contribution in [0.1, 0.15) is 107 Å². The van der Waals surface area contributed by atoms with E-state index in [0.29, 0.717) is 44.9 Å². The summed E-state index contributed by atoms with van der Waals surface area (Å²) < 4.78 is 104. The number of rotatable bonds is 17. The first-order chi connectivity index (χ1) is 38.8. The normalized spacial score (nSPS) is 48.8. The van der Waals surface area contributed by atoms with Gasteiger partial charge in [-0.2, -0.15) is 8.42 Å². The number of carbonyl (C=O) groups is 2. The summed E-state index contributed by atoms with van der Waals surface area (Å²) in [5, 5.41) is 112. The van der Waals surface area contributed by atoms with Crippen LogP contribution in [-0.2, 0) is 76.3 Å². The molecule has 1 spiro atoms. The molecule has 3 saturated carbocycles. The van der Waals surface area contributed by atoms with E-state index in [2.05, 4.69) is 13.0 Å². The molecule has 83 heavy (non-hydrogen) atoms. The van der Waals surface area contributed by atoms with Gasteiger partial charge >= 0.3 is 22.3 Å². The van der Waals surface area contributed by atoms with Crippen molar-refractivity contribution in [2.75, 3.05) is 33.5 Å². The molecular weight excluding hydrogens is 1120 g/mol. The zero-order valence-electron chi connectivity index (χ0n) is 48.2. The van der Waals surface area contributed by atoms with E-state index < -0.39 is 199 Å². The Bertz CT molecular complexity index is 2530. The average Bonchev–Trinajstić information content (AvgIpc) is 1.56. The van der Waals surface area contributed by atoms with Gasteiger partial charge in [-0.25, -0.2) is 4.18 Å². The Morgan fingerprint density at radius 3 is 1.99 bits per heavy atom. The number of hydrogen-bond donors (Lipinski definition) is 11. The fraction of sp³-hybridized carbons (Fsp3) is 0.891. The number of ether oxygens (including phenoxy) is 11. The van der Waals surface area contributed by atoms with Crippen molar-refractivity contribution in [2.24, 2.45) is 39.4 Å². The van der Waals surface area contributed by atoms with Crippen molar-refractivity contribution in [3.63, 3.8) is 0 Å². The second-order valence-corrected chi connectivity index (χ2v) is 26.8. The van der Waals surface area contributed by atoms with E-state index in [1.165, 1.54) is 14.0 Å². The molecule has 0 unspecified atom stereocenters. The van der Waals surface area contributed by atoms with Gasteiger partial charge in [0.25, 0.3) is 0 Å². The highest BCUT2D eigenvalue weighted by molar-refractivity contribution is 7.80. The molecule has 5 saturated heterocycles. The Morgan fingerprint density at radius 1 is 0.723 bits per heavy atom. The van der Waals surface area contributed by atoms with Crippen molar-refractivity contribution >= 4 is 22.3 Å². The maximum absolute atomic E-state index is 14.7. The van der Waals surface area contributed by atoms with Crippen LogP contribution in [0.5, 0.6) is 0 Å². The van der Waals surface area contributed by atoms with Crippen molar-refractivity contribution < 1.29 is 130 Å². The van der Waals surface area contributed by atoms with E-state index in [4.69, 9.17) is 56.3 Å². The van der Waals surface area contributed by atoms with Gasteiger partial charge in [0, 0.05) is 25.9 Å². The fourth-order valence-corrected chi connectivity index (χ4v) is 16.9. The smallest absolute Gasteiger partial charge is 0.397 e. The quantitative estimate of drug-likeness (QED) is 0.0496. The van der Waals surface area contributed by atoms with Crippen molar-refractivity contribution in [1.29, 1.82) is 0 Å². The maximum Gasteiger partial charge on any atom is 0.397 e. The second-order valence-electron chi connectivity index (χ2n) is 25.8. The molecule has 0 aromatic carbocycles. The molecule has 5 heterocycles. The van der Waals surface area contributed by atoms with Crippen molar-refractivity contribution in [3.8, 4) is 0 Å². The molecule has 0 bridgehead atoms. The third-order valence-corrected chi connectivity index (χ3v) is 20.8. The third kappa shape index (κ3) is 11.4. The average molecular weight is 1210 g/mol. The lowest BCUT2D eigenvalue weighted by atomic mass is 9.40. The summed E-state index contributed by atoms with van der Waals surface area (Å²) in [6.45, 7) is 12.5. The number of fused-ring (bicyclic) bond motifs is 4. The predicted molar refractivity (Wildman–Crippen MR) is 279 cm³/mol. The minimum absolute atomic E-state index is 0.127. The van der Waals surface area contributed by atoms with E-state index in [1.807, 2.05) is 41.5 Å². The van der Waals surface area contributed by atoms with Crippen LogP contribution >= 0.6 is 0 Å². The number of aliphatic hydroxyl groups is 10. The molecule has 9 rings (SSSR count). The van der Waals surface area contributed by atoms with Crippen LogP contribution in [-0.4, -0.2) is 238 Å². The summed E-state index contributed by atoms with van der Waals surface area (Å²) in [5.74, 6) is -1.71. The van der Waals surface area contributed by atoms with Crippen LogP contribution in [0.3, 0.4) is 0 Å². The molecule has 5 aliphatic heterocycles. The SMILES string of the molecule is CO[C@@H]1[C@@H](O)[C@H](O[C@@H]2[C@@H](O)[C@H](O[C@H]3[C@H](O)[C@@H](O)[C@H](O[C@H]4[C@H](O[C@H]5CC[C@]6(C)[C@H]7CC[C@]89C(=O)O[C@@](C)(CCC=C(C)C)[C@H]8[C@@H](OC(C)=O)C[C@@]9(C)C7=C(O)C[C@H]6C5(C)C)OC[C@@H](OS(=O)(=O)O)[C@@H]4O)O[C@@H]3CO)OC[C@H]2O)O[C@H](CO)[C@H]1O. The van der Waals surface area contributed by atoms with Crippen LogP contribution in [0.4, 0.5) is 0 Å². The van der Waals surface area contributed by atoms with E-state index in [0.717, 1.165) is 11.1 Å². The van der Waals surface area contributed by atoms with Gasteiger partial charge < -0.3 is 103 Å². The minimum atomic E-state index is -5.22. The monoisotopic (exact) mass is 1210 g/mol. The molecule has 474 valence electrons. The lowest BCUT2D eigenvalue weighted by Crippen LogP contribution is -2.66. The highest BCUT2D eigenvalue weighted by atomic mass is 32.3. The lowest BCUT2D eigenvalue weighted by molar-refractivity contribution is -0.385. The van der Waals surface area contributed by atoms with Crippen LogP contribution in [0, 0.1) is 39.4 Å². The molecule has 11 N–H and O–H groups in total. The summed E-state index contributed by atoms with van der Waals surface area (Å²) in [4.78, 5) is 27.5. The topological polar surface area (TPSA) is 402 Å². The zero-order valence-corrected chi connectivity index (χ0v) is 49.0. The fourth-order valence-electron chi connectivity index (χ4n) is 16.4. The minimum Gasteiger partial charge on any atom is -0.512 e. The summed E-state index contributed by atoms with van der Waals surface area (Å²) in [6, 6.07) is 0. The van der Waals surface area contributed by atoms with E-state index >= 15 is 0 Å². The first-order valence-electron chi connectivity index (χ1n) is 28.6. The maximum atomic E-state index is 14.7. The number of cyclic esters (lactones) is 1. The molecular formula is C55H86O27S. The molecule has 0 amide bonds. The molecule has 0 aromatic heterocycles. The van der Waals surface area contributed by atoms with Gasteiger partial charge in [-0.05, 0) is 94.0 Å². The van der Waals surface area contributed by atoms with Crippen LogP contribution in [0.25, 0.3) is 0 Å². The Hall–Kier alpha value is -2.63. The van der Waals surface area contributed by atoms with E-state index in [-0.39, 0.29) is 30.0 Å². The lowest BCUT2D eigenvalue weighted by Gasteiger charge is -2.64. The molecule has 4 aliphatic carbocycles. The Labute approximate surface area is 481 Å². The summed E-state index contributed by atoms with van der Waals surface area (Å²) in [5.41, 5.74) is -2.43. The van der Waals surface area contributed by atoms with Gasteiger partial charge in [0.05, 0.1) is 49.6 Å². The van der Waals surface area contributed by atoms with Gasteiger partial charge in [-0.15, -0.1) is 0 Å². The standard InChI is InChI=1S/C55H86O27S/c1-23(2)11-10-14-54(8)45-28(74-24(3)58)18-53(7)34-25(12-16-55(45,53)50(67)81-54)52(6)15-13-33(51(4,5)32(52)17-26(34)59)77-49-44(36(62)31(22-73-49)82-83(68,69)70)80-47-38(64)37(63)42(30(20-57)76-47)79-46-39(65)41(27(60)21-72-46)78-48-40(66)43(71-9)35(61)29(19-56)75-48/h11,25,27-33,35-49,56-57,59-66H,10,12-22H2,1-9H3,(H,68,69,70)/t25-,27+,28-,29+,30+,31+,32-,33-,35+,36-,37+,38+,39+,40+,41-,42+,43-,44+,45+,46-,47-,48-,49-,52+,53-,54-,55+/m0/s1. The van der Waals surface area contributed by atoms with Crippen molar-refractivity contribution in [3.05, 3.63) is 23.0 Å². The predicted octanol–water partition coefficient (Wildman–Crippen LogP) is -0.522. The largest absolute Gasteiger partial charge is 0.512 e. The van der Waals surface area contributed by atoms with Crippen LogP contribution in [0.15, 0.2) is 23.0 Å². The zero-order chi connectivity index (χ0) is 60.8. The summed E-state index contributed by atoms with van der Waals surface area (Å²) in [6.07, 6.45) is -27.1. The molecule has 28 heteroatoms. The summed E-state index contributed by atoms with van der Waals surface area (Å²) >= 11 is 0. The molecule has 27 nitrogen and oxygen atoms in total. The summed E-state index contributed by atoms with van der Waals surface area (Å²) in [7, 11) is -4.04. The number of hydrogen-bond acceptors (Lipinski definition) is 26. The van der Waals surface area contributed by atoms with Gasteiger partial charge in [0.1, 0.15) is 97.2 Å². The van der Waals surface area contributed by atoms with Gasteiger partial charge in [0.15, 0.2) is 25.2 Å². The van der Waals surface area contributed by atoms with Gasteiger partial charge in [-0.3, -0.25) is 14.1 Å². The van der Waals surface area contributed by atoms with E-state index in [1.54, 1.807) is 0 Å². The Kier molecular flexibility index (Phi) is 18.8. The Balaban J connectivity index is 0.929. The van der Waals surface area contributed by atoms with Crippen LogP contribution in [0.2, 0.25) is 0 Å². The molecule has 0 radical (unpaired) electrons. The highest BCUT2D eigenvalue weighted by Gasteiger charge is 2.80. The highest BCUT2D eigenvalue weighted by Crippen LogP contribution is 2.77. The molecule has 0 aromatic rings. The molecule has 8 fully saturated rings. The molecule has 9 aliphatic rings. The van der Waals surface area contributed by atoms with Crippen molar-refractivity contribution in [1.82, 2.24) is 0 Å². The Morgan fingerprint density at radius 2 is 1.35 bits per heavy atom. The first-order valence-corrected chi connectivity index (χ1v) is 30.0. The number of allylic oxidation sites excluding steroid dienone is 4. The van der Waals surface area contributed by atoms with Crippen LogP contribution < -0.4 is 0 Å².